The van der Waals surface area contributed by atoms with Crippen molar-refractivity contribution in [2.24, 2.45) is 0 Å². The summed E-state index contributed by atoms with van der Waals surface area (Å²) in [5, 5.41) is 9.02. The first kappa shape index (κ1) is 9.81. The lowest BCUT2D eigenvalue weighted by Gasteiger charge is -2.00. The Hall–Kier alpha value is -1.28. The number of benzene rings is 1. The van der Waals surface area contributed by atoms with Crippen molar-refractivity contribution < 1.29 is 9.84 Å². The SMILES string of the molecule is COc1cccc(/C=C/[C@@H](C)O)c1. The summed E-state index contributed by atoms with van der Waals surface area (Å²) < 4.78 is 5.07. The van der Waals surface area contributed by atoms with Crippen molar-refractivity contribution in [2.45, 2.75) is 13.0 Å². The Kier molecular flexibility index (Phi) is 3.53. The van der Waals surface area contributed by atoms with Gasteiger partial charge >= 0.3 is 0 Å². The van der Waals surface area contributed by atoms with Gasteiger partial charge in [-0.05, 0) is 24.6 Å². The van der Waals surface area contributed by atoms with Crippen LogP contribution in [0.4, 0.5) is 0 Å². The van der Waals surface area contributed by atoms with Crippen molar-refractivity contribution in [3.05, 3.63) is 35.9 Å². The van der Waals surface area contributed by atoms with Gasteiger partial charge in [-0.1, -0.05) is 24.3 Å². The highest BCUT2D eigenvalue weighted by Crippen LogP contribution is 2.13. The fourth-order valence-electron chi connectivity index (χ4n) is 0.996. The van der Waals surface area contributed by atoms with E-state index < -0.39 is 6.10 Å². The zero-order chi connectivity index (χ0) is 9.68. The number of methoxy groups -OCH3 is 1. The van der Waals surface area contributed by atoms with Crippen LogP contribution < -0.4 is 4.74 Å². The molecule has 0 aliphatic heterocycles. The van der Waals surface area contributed by atoms with E-state index in [9.17, 15) is 0 Å². The zero-order valence-corrected chi connectivity index (χ0v) is 7.90. The van der Waals surface area contributed by atoms with Crippen molar-refractivity contribution in [1.29, 1.82) is 0 Å². The maximum atomic E-state index is 9.02. The van der Waals surface area contributed by atoms with Gasteiger partial charge in [-0.15, -0.1) is 0 Å². The molecule has 13 heavy (non-hydrogen) atoms. The second-order valence-electron chi connectivity index (χ2n) is 2.88. The topological polar surface area (TPSA) is 29.5 Å². The molecular formula is C11H14O2. The van der Waals surface area contributed by atoms with Crippen molar-refractivity contribution in [3.8, 4) is 5.75 Å². The van der Waals surface area contributed by atoms with E-state index in [2.05, 4.69) is 0 Å². The first-order valence-electron chi connectivity index (χ1n) is 4.22. The Balaban J connectivity index is 2.77. The standard InChI is InChI=1S/C11H14O2/c1-9(12)6-7-10-4-3-5-11(8-10)13-2/h3-9,12H,1-2H3/b7-6+/t9-/m1/s1. The molecule has 1 atom stereocenters. The van der Waals surface area contributed by atoms with Crippen LogP contribution in [0.5, 0.6) is 5.75 Å². The quantitative estimate of drug-likeness (QED) is 0.768. The van der Waals surface area contributed by atoms with Crippen LogP contribution in [-0.2, 0) is 0 Å². The Labute approximate surface area is 78.5 Å². The summed E-state index contributed by atoms with van der Waals surface area (Å²) in [6.45, 7) is 1.72. The highest BCUT2D eigenvalue weighted by molar-refractivity contribution is 5.52. The highest BCUT2D eigenvalue weighted by atomic mass is 16.5. The summed E-state index contributed by atoms with van der Waals surface area (Å²) in [6.07, 6.45) is 3.19. The van der Waals surface area contributed by atoms with Gasteiger partial charge in [0.05, 0.1) is 13.2 Å². The van der Waals surface area contributed by atoms with Crippen LogP contribution >= 0.6 is 0 Å². The minimum Gasteiger partial charge on any atom is -0.497 e. The van der Waals surface area contributed by atoms with Crippen LogP contribution in [0, 0.1) is 0 Å². The van der Waals surface area contributed by atoms with E-state index in [4.69, 9.17) is 9.84 Å². The monoisotopic (exact) mass is 178 g/mol. The second kappa shape index (κ2) is 4.67. The molecule has 2 heteroatoms. The van der Waals surface area contributed by atoms with E-state index in [1.807, 2.05) is 30.3 Å². The van der Waals surface area contributed by atoms with E-state index in [0.29, 0.717) is 0 Å². The predicted molar refractivity (Wildman–Crippen MR) is 53.7 cm³/mol. The van der Waals surface area contributed by atoms with Gasteiger partial charge in [-0.2, -0.15) is 0 Å². The van der Waals surface area contributed by atoms with E-state index >= 15 is 0 Å². The third kappa shape index (κ3) is 3.30. The molecule has 0 aromatic heterocycles. The van der Waals surface area contributed by atoms with E-state index in [-0.39, 0.29) is 0 Å². The molecule has 0 aliphatic rings. The maximum absolute atomic E-state index is 9.02. The van der Waals surface area contributed by atoms with Crippen LogP contribution in [-0.4, -0.2) is 18.3 Å². The number of ether oxygens (including phenoxy) is 1. The number of aliphatic hydroxyl groups is 1. The van der Waals surface area contributed by atoms with Crippen molar-refractivity contribution >= 4 is 6.08 Å². The van der Waals surface area contributed by atoms with Gasteiger partial charge in [-0.25, -0.2) is 0 Å². The van der Waals surface area contributed by atoms with Gasteiger partial charge in [0.15, 0.2) is 0 Å². The molecular weight excluding hydrogens is 164 g/mol. The van der Waals surface area contributed by atoms with Crippen LogP contribution in [0.2, 0.25) is 0 Å². The molecule has 0 fully saturated rings. The third-order valence-corrected chi connectivity index (χ3v) is 1.66. The van der Waals surface area contributed by atoms with Crippen LogP contribution in [0.1, 0.15) is 12.5 Å². The number of rotatable bonds is 3. The normalized spacial score (nSPS) is 13.2. The average molecular weight is 178 g/mol. The molecule has 0 heterocycles. The number of aliphatic hydroxyl groups excluding tert-OH is 1. The lowest BCUT2D eigenvalue weighted by Crippen LogP contribution is -1.91. The van der Waals surface area contributed by atoms with Crippen LogP contribution in [0.3, 0.4) is 0 Å². The maximum Gasteiger partial charge on any atom is 0.119 e. The largest absolute Gasteiger partial charge is 0.497 e. The van der Waals surface area contributed by atoms with Crippen molar-refractivity contribution in [1.82, 2.24) is 0 Å². The molecule has 0 unspecified atom stereocenters. The second-order valence-corrected chi connectivity index (χ2v) is 2.88. The molecule has 0 bridgehead atoms. The average Bonchev–Trinajstić information content (AvgIpc) is 2.15. The first-order chi connectivity index (χ1) is 6.22. The zero-order valence-electron chi connectivity index (χ0n) is 7.90. The van der Waals surface area contributed by atoms with E-state index in [0.717, 1.165) is 11.3 Å². The molecule has 0 amide bonds. The molecule has 0 spiro atoms. The van der Waals surface area contributed by atoms with Gasteiger partial charge in [-0.3, -0.25) is 0 Å². The number of hydrogen-bond acceptors (Lipinski definition) is 2. The van der Waals surface area contributed by atoms with Crippen molar-refractivity contribution in [2.75, 3.05) is 7.11 Å². The molecule has 1 rings (SSSR count). The lowest BCUT2D eigenvalue weighted by atomic mass is 10.2. The van der Waals surface area contributed by atoms with E-state index in [1.165, 1.54) is 0 Å². The summed E-state index contributed by atoms with van der Waals surface area (Å²) in [5.74, 6) is 0.827. The lowest BCUT2D eigenvalue weighted by molar-refractivity contribution is 0.245. The van der Waals surface area contributed by atoms with E-state index in [1.54, 1.807) is 20.1 Å². The molecule has 0 aliphatic carbocycles. The smallest absolute Gasteiger partial charge is 0.119 e. The summed E-state index contributed by atoms with van der Waals surface area (Å²) in [4.78, 5) is 0. The summed E-state index contributed by atoms with van der Waals surface area (Å²) in [5.41, 5.74) is 1.03. The van der Waals surface area contributed by atoms with Gasteiger partial charge in [0.1, 0.15) is 5.75 Å². The fourth-order valence-corrected chi connectivity index (χ4v) is 0.996. The predicted octanol–water partition coefficient (Wildman–Crippen LogP) is 2.09. The van der Waals surface area contributed by atoms with Crippen LogP contribution in [0.15, 0.2) is 30.3 Å². The Morgan fingerprint density at radius 1 is 1.46 bits per heavy atom. The minimum absolute atomic E-state index is 0.411. The Morgan fingerprint density at radius 2 is 2.23 bits per heavy atom. The first-order valence-corrected chi connectivity index (χ1v) is 4.22. The number of hydrogen-bond donors (Lipinski definition) is 1. The molecule has 2 nitrogen and oxygen atoms in total. The fraction of sp³-hybridized carbons (Fsp3) is 0.273. The summed E-state index contributed by atoms with van der Waals surface area (Å²) in [7, 11) is 1.64. The van der Waals surface area contributed by atoms with Gasteiger partial charge in [0.2, 0.25) is 0 Å². The molecule has 70 valence electrons. The minimum atomic E-state index is -0.411. The van der Waals surface area contributed by atoms with Gasteiger partial charge in [0.25, 0.3) is 0 Å². The third-order valence-electron chi connectivity index (χ3n) is 1.66. The molecule has 0 radical (unpaired) electrons. The summed E-state index contributed by atoms with van der Waals surface area (Å²) >= 11 is 0. The molecule has 1 aromatic carbocycles. The summed E-state index contributed by atoms with van der Waals surface area (Å²) in [6, 6.07) is 7.68. The molecule has 1 aromatic rings. The Bertz CT molecular complexity index is 290. The van der Waals surface area contributed by atoms with Gasteiger partial charge in [0, 0.05) is 0 Å². The van der Waals surface area contributed by atoms with Crippen molar-refractivity contribution in [3.63, 3.8) is 0 Å². The molecule has 1 N–H and O–H groups in total. The van der Waals surface area contributed by atoms with Crippen LogP contribution in [0.25, 0.3) is 6.08 Å². The Morgan fingerprint density at radius 3 is 2.85 bits per heavy atom. The molecule has 0 saturated carbocycles. The molecule has 0 saturated heterocycles. The highest BCUT2D eigenvalue weighted by Gasteiger charge is 1.91. The van der Waals surface area contributed by atoms with Gasteiger partial charge < -0.3 is 9.84 Å².